The minimum atomic E-state index is -0.814. The van der Waals surface area contributed by atoms with Gasteiger partial charge in [-0.15, -0.1) is 0 Å². The van der Waals surface area contributed by atoms with Crippen LogP contribution in [-0.2, 0) is 4.74 Å². The molecular formula is C9H14N2O2. The number of rotatable bonds is 1. The lowest BCUT2D eigenvalue weighted by Crippen LogP contribution is -2.69. The summed E-state index contributed by atoms with van der Waals surface area (Å²) >= 11 is 0. The highest BCUT2D eigenvalue weighted by Gasteiger charge is 2.55. The summed E-state index contributed by atoms with van der Waals surface area (Å²) in [6, 6.07) is 2.29. The first-order valence-electron chi connectivity index (χ1n) is 4.65. The number of nitrogens with one attached hydrogen (secondary N) is 1. The maximum atomic E-state index is 10.1. The van der Waals surface area contributed by atoms with Crippen LogP contribution in [0.2, 0.25) is 0 Å². The summed E-state index contributed by atoms with van der Waals surface area (Å²) in [5.41, 5.74) is -1.39. The summed E-state index contributed by atoms with van der Waals surface area (Å²) in [5.74, 6) is 0. The van der Waals surface area contributed by atoms with E-state index in [0.29, 0.717) is 39.1 Å². The van der Waals surface area contributed by atoms with Gasteiger partial charge in [0.15, 0.2) is 0 Å². The van der Waals surface area contributed by atoms with Gasteiger partial charge in [-0.3, -0.25) is 0 Å². The van der Waals surface area contributed by atoms with Gasteiger partial charge in [-0.1, -0.05) is 0 Å². The zero-order valence-corrected chi connectivity index (χ0v) is 7.55. The standard InChI is InChI=1S/C9H14N2O2/c10-5-8(1-3-13-4-2-8)9(12)6-11-7-9/h11-12H,1-4,6-7H2. The summed E-state index contributed by atoms with van der Waals surface area (Å²) in [4.78, 5) is 0. The number of hydrogen-bond donors (Lipinski definition) is 2. The highest BCUT2D eigenvalue weighted by Crippen LogP contribution is 2.42. The van der Waals surface area contributed by atoms with Crippen LogP contribution in [0.25, 0.3) is 0 Å². The predicted molar refractivity (Wildman–Crippen MR) is 45.9 cm³/mol. The van der Waals surface area contributed by atoms with Crippen molar-refractivity contribution in [3.63, 3.8) is 0 Å². The Balaban J connectivity index is 2.18. The van der Waals surface area contributed by atoms with E-state index in [9.17, 15) is 5.11 Å². The SMILES string of the molecule is N#CC1(C2(O)CNC2)CCOCC1. The number of nitriles is 1. The van der Waals surface area contributed by atoms with Gasteiger partial charge in [-0.2, -0.15) is 5.26 Å². The van der Waals surface area contributed by atoms with Crippen LogP contribution in [0, 0.1) is 16.7 Å². The summed E-state index contributed by atoms with van der Waals surface area (Å²) < 4.78 is 5.21. The van der Waals surface area contributed by atoms with Gasteiger partial charge in [-0.05, 0) is 12.8 Å². The monoisotopic (exact) mass is 182 g/mol. The molecule has 0 aliphatic carbocycles. The molecule has 4 nitrogen and oxygen atoms in total. The first-order chi connectivity index (χ1) is 6.22. The molecule has 0 atom stereocenters. The second-order valence-electron chi connectivity index (χ2n) is 3.94. The molecular weight excluding hydrogens is 168 g/mol. The van der Waals surface area contributed by atoms with E-state index < -0.39 is 11.0 Å². The van der Waals surface area contributed by atoms with Crippen molar-refractivity contribution in [1.82, 2.24) is 5.32 Å². The molecule has 13 heavy (non-hydrogen) atoms. The van der Waals surface area contributed by atoms with E-state index in [1.54, 1.807) is 0 Å². The van der Waals surface area contributed by atoms with Crippen LogP contribution in [0.15, 0.2) is 0 Å². The van der Waals surface area contributed by atoms with Gasteiger partial charge >= 0.3 is 0 Å². The van der Waals surface area contributed by atoms with Crippen molar-refractivity contribution >= 4 is 0 Å². The quantitative estimate of drug-likeness (QED) is 0.581. The van der Waals surface area contributed by atoms with Crippen molar-refractivity contribution in [2.24, 2.45) is 5.41 Å². The Hall–Kier alpha value is -0.630. The van der Waals surface area contributed by atoms with Crippen LogP contribution in [0.3, 0.4) is 0 Å². The molecule has 0 saturated carbocycles. The Morgan fingerprint density at radius 2 is 1.92 bits per heavy atom. The second-order valence-corrected chi connectivity index (χ2v) is 3.94. The minimum Gasteiger partial charge on any atom is -0.386 e. The van der Waals surface area contributed by atoms with Crippen LogP contribution < -0.4 is 5.32 Å². The third-order valence-corrected chi connectivity index (χ3v) is 3.29. The fourth-order valence-corrected chi connectivity index (χ4v) is 2.10. The Morgan fingerprint density at radius 3 is 2.31 bits per heavy atom. The van der Waals surface area contributed by atoms with Crippen LogP contribution in [0.5, 0.6) is 0 Å². The lowest BCUT2D eigenvalue weighted by Gasteiger charge is -2.50. The van der Waals surface area contributed by atoms with Gasteiger partial charge in [0.1, 0.15) is 5.60 Å². The number of nitrogens with zero attached hydrogens (tertiary/aromatic N) is 1. The normalized spacial score (nSPS) is 30.2. The maximum Gasteiger partial charge on any atom is 0.108 e. The highest BCUT2D eigenvalue weighted by atomic mass is 16.5. The third-order valence-electron chi connectivity index (χ3n) is 3.29. The first-order valence-corrected chi connectivity index (χ1v) is 4.65. The third kappa shape index (κ3) is 1.16. The molecule has 4 heteroatoms. The Kier molecular flexibility index (Phi) is 2.03. The molecule has 0 radical (unpaired) electrons. The molecule has 2 N–H and O–H groups in total. The van der Waals surface area contributed by atoms with Crippen molar-refractivity contribution in [2.75, 3.05) is 26.3 Å². The number of aliphatic hydroxyl groups is 1. The molecule has 2 saturated heterocycles. The summed E-state index contributed by atoms with van der Waals surface area (Å²) in [7, 11) is 0. The van der Waals surface area contributed by atoms with E-state index >= 15 is 0 Å². The molecule has 2 aliphatic rings. The number of hydrogen-bond acceptors (Lipinski definition) is 4. The largest absolute Gasteiger partial charge is 0.386 e. The Morgan fingerprint density at radius 1 is 1.31 bits per heavy atom. The van der Waals surface area contributed by atoms with Gasteiger partial charge in [0, 0.05) is 26.3 Å². The smallest absolute Gasteiger partial charge is 0.108 e. The van der Waals surface area contributed by atoms with E-state index in [-0.39, 0.29) is 0 Å². The van der Waals surface area contributed by atoms with Crippen molar-refractivity contribution in [1.29, 1.82) is 5.26 Å². The van der Waals surface area contributed by atoms with Gasteiger partial charge in [-0.25, -0.2) is 0 Å². The van der Waals surface area contributed by atoms with Gasteiger partial charge in [0.25, 0.3) is 0 Å². The Labute approximate surface area is 77.5 Å². The van der Waals surface area contributed by atoms with E-state index in [4.69, 9.17) is 10.00 Å². The Bertz CT molecular complexity index is 236. The van der Waals surface area contributed by atoms with Crippen LogP contribution in [0.4, 0.5) is 0 Å². The summed E-state index contributed by atoms with van der Waals surface area (Å²) in [5, 5.41) is 22.3. The topological polar surface area (TPSA) is 65.3 Å². The fraction of sp³-hybridized carbons (Fsp3) is 0.889. The molecule has 0 amide bonds. The first kappa shape index (κ1) is 8.95. The molecule has 0 unspecified atom stereocenters. The molecule has 2 heterocycles. The highest BCUT2D eigenvalue weighted by molar-refractivity contribution is 5.17. The zero-order chi connectivity index (χ0) is 9.36. The van der Waals surface area contributed by atoms with Crippen molar-refractivity contribution < 1.29 is 9.84 Å². The molecule has 0 aromatic carbocycles. The van der Waals surface area contributed by atoms with Crippen molar-refractivity contribution in [3.8, 4) is 6.07 Å². The lowest BCUT2D eigenvalue weighted by molar-refractivity contribution is -0.131. The average Bonchev–Trinajstić information content (AvgIpc) is 2.15. The molecule has 0 bridgehead atoms. The molecule has 2 fully saturated rings. The minimum absolute atomic E-state index is 0.542. The fourth-order valence-electron chi connectivity index (χ4n) is 2.10. The van der Waals surface area contributed by atoms with E-state index in [0.717, 1.165) is 0 Å². The van der Waals surface area contributed by atoms with Crippen LogP contribution in [0.1, 0.15) is 12.8 Å². The molecule has 0 spiro atoms. The van der Waals surface area contributed by atoms with Gasteiger partial charge < -0.3 is 15.2 Å². The van der Waals surface area contributed by atoms with Crippen molar-refractivity contribution in [3.05, 3.63) is 0 Å². The lowest BCUT2D eigenvalue weighted by atomic mass is 9.65. The predicted octanol–water partition coefficient (Wildman–Crippen LogP) is -0.359. The average molecular weight is 182 g/mol. The molecule has 2 aliphatic heterocycles. The van der Waals surface area contributed by atoms with E-state index in [2.05, 4.69) is 11.4 Å². The van der Waals surface area contributed by atoms with E-state index in [1.165, 1.54) is 0 Å². The summed E-state index contributed by atoms with van der Waals surface area (Å²) in [6.45, 7) is 2.27. The summed E-state index contributed by atoms with van der Waals surface area (Å²) in [6.07, 6.45) is 1.31. The van der Waals surface area contributed by atoms with E-state index in [1.807, 2.05) is 0 Å². The van der Waals surface area contributed by atoms with Gasteiger partial charge in [0.05, 0.1) is 11.5 Å². The molecule has 72 valence electrons. The maximum absolute atomic E-state index is 10.1. The number of ether oxygens (including phenoxy) is 1. The zero-order valence-electron chi connectivity index (χ0n) is 7.55. The van der Waals surface area contributed by atoms with Crippen LogP contribution >= 0.6 is 0 Å². The molecule has 0 aromatic heterocycles. The van der Waals surface area contributed by atoms with Crippen LogP contribution in [-0.4, -0.2) is 37.0 Å². The second kappa shape index (κ2) is 2.95. The molecule has 2 rings (SSSR count). The van der Waals surface area contributed by atoms with Gasteiger partial charge in [0.2, 0.25) is 0 Å². The molecule has 0 aromatic rings. The van der Waals surface area contributed by atoms with Crippen molar-refractivity contribution in [2.45, 2.75) is 18.4 Å². The number of β-amino-alcohol motifs (C(OH)–C–C–N with tert-alkyl or cyclic N) is 1.